The molecule has 4 heterocycles. The number of hydrogen-bond acceptors (Lipinski definition) is 5. The molecule has 0 aliphatic heterocycles. The van der Waals surface area contributed by atoms with Crippen LogP contribution in [0, 0.1) is 0 Å². The number of benzene rings is 7. The van der Waals surface area contributed by atoms with Gasteiger partial charge in [-0.05, 0) is 70.3 Å². The smallest absolute Gasteiger partial charge is 0.160 e. The molecule has 0 unspecified atom stereocenters. The quantitative estimate of drug-likeness (QED) is 0.171. The lowest BCUT2D eigenvalue weighted by Crippen LogP contribution is -1.96. The van der Waals surface area contributed by atoms with Crippen LogP contribution in [0.1, 0.15) is 0 Å². The maximum absolute atomic E-state index is 6.70. The van der Waals surface area contributed by atoms with Crippen molar-refractivity contribution < 1.29 is 4.42 Å². The minimum Gasteiger partial charge on any atom is -0.455 e. The molecule has 11 rings (SSSR count). The van der Waals surface area contributed by atoms with Gasteiger partial charge in [0, 0.05) is 65.6 Å². The molecule has 0 spiro atoms. The second kappa shape index (κ2) is 13.3. The van der Waals surface area contributed by atoms with Crippen LogP contribution in [0.25, 0.3) is 109 Å². The number of thiophene rings is 1. The highest BCUT2D eigenvalue weighted by atomic mass is 32.1. The number of hydrogen-bond donors (Lipinski definition) is 0. The zero-order chi connectivity index (χ0) is 37.0. The number of nitrogens with zero attached hydrogens (tertiary/aromatic N) is 3. The highest BCUT2D eigenvalue weighted by molar-refractivity contribution is 7.25. The monoisotopic (exact) mass is 733 g/mol. The fraction of sp³-hybridized carbons (Fsp3) is 0. The van der Waals surface area contributed by atoms with Crippen LogP contribution in [0.15, 0.2) is 193 Å². The third-order valence-corrected chi connectivity index (χ3v) is 11.8. The van der Waals surface area contributed by atoms with Crippen molar-refractivity contribution in [1.82, 2.24) is 15.0 Å². The Morgan fingerprint density at radius 1 is 0.411 bits per heavy atom. The molecule has 11 aromatic rings. The number of rotatable bonds is 6. The highest BCUT2D eigenvalue weighted by Gasteiger charge is 2.19. The summed E-state index contributed by atoms with van der Waals surface area (Å²) in [6, 6.07) is 61.7. The third-order valence-electron chi connectivity index (χ3n) is 10.6. The lowest BCUT2D eigenvalue weighted by molar-refractivity contribution is 0.670. The van der Waals surface area contributed by atoms with Gasteiger partial charge in [0.2, 0.25) is 0 Å². The lowest BCUT2D eigenvalue weighted by Gasteiger charge is -2.11. The first-order valence-electron chi connectivity index (χ1n) is 18.7. The van der Waals surface area contributed by atoms with Crippen LogP contribution in [0.3, 0.4) is 0 Å². The number of para-hydroxylation sites is 1. The molecular weight excluding hydrogens is 703 g/mol. The van der Waals surface area contributed by atoms with Gasteiger partial charge >= 0.3 is 0 Å². The molecule has 4 nitrogen and oxygen atoms in total. The Kier molecular flexibility index (Phi) is 7.64. The summed E-state index contributed by atoms with van der Waals surface area (Å²) in [5, 5.41) is 4.81. The molecule has 0 bridgehead atoms. The minimum absolute atomic E-state index is 0.671. The molecule has 0 saturated carbocycles. The van der Waals surface area contributed by atoms with E-state index in [2.05, 4.69) is 151 Å². The second-order valence-corrected chi connectivity index (χ2v) is 15.1. The maximum atomic E-state index is 6.70. The normalized spacial score (nSPS) is 11.6. The maximum Gasteiger partial charge on any atom is 0.160 e. The number of furan rings is 1. The standard InChI is InChI=1S/C51H31N3OS/c1-2-9-34(10-3-1)44-30-45(35-20-16-32(17-21-35)38-11-8-28-52-31-38)54-51(53-44)36-22-18-33(19-23-36)40-26-25-39(49-42-13-4-6-14-46(42)55-50(40)49)37-24-27-48-43(29-37)41-12-5-7-15-47(41)56-48/h1-31H. The van der Waals surface area contributed by atoms with Gasteiger partial charge in [-0.1, -0.05) is 133 Å². The molecule has 0 N–H and O–H groups in total. The van der Waals surface area contributed by atoms with E-state index in [1.165, 1.54) is 25.7 Å². The van der Waals surface area contributed by atoms with Crippen molar-refractivity contribution in [2.75, 3.05) is 0 Å². The summed E-state index contributed by atoms with van der Waals surface area (Å²) in [5.41, 5.74) is 13.1. The Morgan fingerprint density at radius 2 is 1.04 bits per heavy atom. The van der Waals surface area contributed by atoms with Gasteiger partial charge in [-0.25, -0.2) is 9.97 Å². The van der Waals surface area contributed by atoms with Crippen LogP contribution >= 0.6 is 11.3 Å². The molecule has 5 heteroatoms. The Balaban J connectivity index is 1.00. The van der Waals surface area contributed by atoms with Crippen LogP contribution in [0.2, 0.25) is 0 Å². The zero-order valence-electron chi connectivity index (χ0n) is 30.1. The summed E-state index contributed by atoms with van der Waals surface area (Å²) < 4.78 is 9.30. The van der Waals surface area contributed by atoms with E-state index < -0.39 is 0 Å². The van der Waals surface area contributed by atoms with E-state index in [0.717, 1.165) is 77.8 Å². The lowest BCUT2D eigenvalue weighted by atomic mass is 9.93. The Morgan fingerprint density at radius 3 is 1.84 bits per heavy atom. The van der Waals surface area contributed by atoms with E-state index in [4.69, 9.17) is 14.4 Å². The van der Waals surface area contributed by atoms with Gasteiger partial charge in [-0.2, -0.15) is 0 Å². The average molecular weight is 734 g/mol. The molecule has 0 radical (unpaired) electrons. The highest BCUT2D eigenvalue weighted by Crippen LogP contribution is 2.44. The van der Waals surface area contributed by atoms with E-state index >= 15 is 0 Å². The summed E-state index contributed by atoms with van der Waals surface area (Å²) in [6.45, 7) is 0. The van der Waals surface area contributed by atoms with Crippen molar-refractivity contribution >= 4 is 53.4 Å². The molecule has 7 aromatic carbocycles. The molecule has 0 aliphatic carbocycles. The van der Waals surface area contributed by atoms with Gasteiger partial charge < -0.3 is 4.42 Å². The van der Waals surface area contributed by atoms with Crippen molar-refractivity contribution in [3.63, 3.8) is 0 Å². The van der Waals surface area contributed by atoms with E-state index in [9.17, 15) is 0 Å². The molecule has 262 valence electrons. The SMILES string of the molecule is c1ccc(-c2cc(-c3ccc(-c4cccnc4)cc3)nc(-c3ccc(-c4ccc(-c5ccc6sc7ccccc7c6c5)c5c4oc4ccccc45)cc3)n2)cc1. The predicted octanol–water partition coefficient (Wildman–Crippen LogP) is 14.1. The molecular formula is C51H31N3OS. The van der Waals surface area contributed by atoms with Gasteiger partial charge in [0.25, 0.3) is 0 Å². The topological polar surface area (TPSA) is 51.8 Å². The Hall–Kier alpha value is -7.21. The molecule has 56 heavy (non-hydrogen) atoms. The minimum atomic E-state index is 0.671. The summed E-state index contributed by atoms with van der Waals surface area (Å²) in [4.78, 5) is 14.5. The van der Waals surface area contributed by atoms with Crippen LogP contribution in [-0.2, 0) is 0 Å². The molecule has 0 amide bonds. The average Bonchev–Trinajstić information content (AvgIpc) is 3.85. The van der Waals surface area contributed by atoms with Crippen LogP contribution < -0.4 is 0 Å². The molecule has 0 atom stereocenters. The van der Waals surface area contributed by atoms with E-state index in [0.29, 0.717) is 5.82 Å². The van der Waals surface area contributed by atoms with E-state index in [1.807, 2.05) is 47.9 Å². The van der Waals surface area contributed by atoms with Gasteiger partial charge in [0.05, 0.1) is 11.4 Å². The first-order chi connectivity index (χ1) is 27.7. The molecule has 0 aliphatic rings. The zero-order valence-corrected chi connectivity index (χ0v) is 30.9. The molecule has 4 aromatic heterocycles. The second-order valence-electron chi connectivity index (χ2n) is 14.0. The van der Waals surface area contributed by atoms with Crippen molar-refractivity contribution in [1.29, 1.82) is 0 Å². The number of pyridine rings is 1. The van der Waals surface area contributed by atoms with E-state index in [-0.39, 0.29) is 0 Å². The fourth-order valence-electron chi connectivity index (χ4n) is 7.84. The summed E-state index contributed by atoms with van der Waals surface area (Å²) in [7, 11) is 0. The number of aromatic nitrogens is 3. The Bertz CT molecular complexity index is 3220. The Labute approximate surface area is 327 Å². The van der Waals surface area contributed by atoms with Crippen LogP contribution in [0.5, 0.6) is 0 Å². The van der Waals surface area contributed by atoms with Gasteiger partial charge in [-0.3, -0.25) is 4.98 Å². The largest absolute Gasteiger partial charge is 0.455 e. The fourth-order valence-corrected chi connectivity index (χ4v) is 8.92. The molecule has 0 saturated heterocycles. The summed E-state index contributed by atoms with van der Waals surface area (Å²) in [6.07, 6.45) is 3.68. The summed E-state index contributed by atoms with van der Waals surface area (Å²) >= 11 is 1.84. The van der Waals surface area contributed by atoms with Crippen molar-refractivity contribution in [3.8, 4) is 67.3 Å². The van der Waals surface area contributed by atoms with Crippen LogP contribution in [-0.4, -0.2) is 15.0 Å². The van der Waals surface area contributed by atoms with Crippen molar-refractivity contribution in [2.24, 2.45) is 0 Å². The van der Waals surface area contributed by atoms with Gasteiger partial charge in [-0.15, -0.1) is 11.3 Å². The third kappa shape index (κ3) is 5.56. The van der Waals surface area contributed by atoms with Crippen molar-refractivity contribution in [2.45, 2.75) is 0 Å². The van der Waals surface area contributed by atoms with Crippen LogP contribution in [0.4, 0.5) is 0 Å². The first kappa shape index (κ1) is 32.2. The predicted molar refractivity (Wildman–Crippen MR) is 233 cm³/mol. The van der Waals surface area contributed by atoms with Gasteiger partial charge in [0.1, 0.15) is 11.2 Å². The van der Waals surface area contributed by atoms with E-state index in [1.54, 1.807) is 6.20 Å². The first-order valence-corrected chi connectivity index (χ1v) is 19.5. The number of fused-ring (bicyclic) bond motifs is 6. The summed E-state index contributed by atoms with van der Waals surface area (Å²) in [5.74, 6) is 0.671. The molecule has 0 fully saturated rings. The van der Waals surface area contributed by atoms with Crippen molar-refractivity contribution in [3.05, 3.63) is 188 Å². The van der Waals surface area contributed by atoms with Gasteiger partial charge in [0.15, 0.2) is 5.82 Å².